The summed E-state index contributed by atoms with van der Waals surface area (Å²) >= 11 is 0. The van der Waals surface area contributed by atoms with Gasteiger partial charge in [0.15, 0.2) is 0 Å². The summed E-state index contributed by atoms with van der Waals surface area (Å²) in [5, 5.41) is 0. The molecular weight excluding hydrogens is 1820 g/mol. The molecule has 4 N–H and O–H groups in total. The zero-order valence-electron chi connectivity index (χ0n) is 98.9. The predicted molar refractivity (Wildman–Crippen MR) is 661 cm³/mol. The number of benzene rings is 4. The molecule has 8 heteroatoms. The average Bonchev–Trinajstić information content (AvgIpc) is 1.58. The topological polar surface area (TPSA) is 115 Å². The van der Waals surface area contributed by atoms with Gasteiger partial charge in [-0.2, -0.15) is 0 Å². The number of fused-ring (bicyclic) bond motifs is 16. The number of unbranched alkanes of at least 4 members (excludes halogenated alkanes) is 24. The Hall–Kier alpha value is -10.7. The Morgan fingerprint density at radius 1 is 0.220 bits per heavy atom. The Morgan fingerprint density at radius 2 is 0.420 bits per heavy atom. The highest BCUT2D eigenvalue weighted by Gasteiger charge is 2.34. The van der Waals surface area contributed by atoms with Crippen LogP contribution in [0, 0.1) is 27.7 Å². The van der Waals surface area contributed by atoms with E-state index in [1.807, 2.05) is 0 Å². The molecule has 0 saturated heterocycles. The van der Waals surface area contributed by atoms with E-state index in [2.05, 4.69) is 359 Å². The van der Waals surface area contributed by atoms with Crippen LogP contribution in [0.3, 0.4) is 0 Å². The van der Waals surface area contributed by atoms with Crippen LogP contribution in [0.2, 0.25) is 0 Å². The van der Waals surface area contributed by atoms with Crippen LogP contribution in [0.4, 0.5) is 0 Å². The number of aromatic amines is 4. The molecule has 0 aliphatic carbocycles. The molecule has 6 aromatic heterocycles. The molecule has 4 aliphatic rings. The van der Waals surface area contributed by atoms with Gasteiger partial charge in [0, 0.05) is 44.3 Å². The maximum Gasteiger partial charge on any atom is 0.0769 e. The number of nitrogens with one attached hydrogen (secondary N) is 4. The van der Waals surface area contributed by atoms with Crippen molar-refractivity contribution in [3.05, 3.63) is 257 Å². The molecule has 800 valence electrons. The maximum atomic E-state index is 6.14. The lowest BCUT2D eigenvalue weighted by Crippen LogP contribution is -2.16. The first-order valence-electron chi connectivity index (χ1n) is 59.9. The van der Waals surface area contributed by atoms with Crippen LogP contribution in [0.15, 0.2) is 133 Å². The minimum absolute atomic E-state index is 0.0861. The largest absolute Gasteiger partial charge is 0.354 e. The van der Waals surface area contributed by atoms with Gasteiger partial charge in [0.05, 0.1) is 67.6 Å². The number of H-pyrrole nitrogens is 4. The smallest absolute Gasteiger partial charge is 0.0769 e. The summed E-state index contributed by atoms with van der Waals surface area (Å²) in [7, 11) is 0. The van der Waals surface area contributed by atoms with Crippen LogP contribution >= 0.6 is 0 Å². The third-order valence-corrected chi connectivity index (χ3v) is 33.6. The van der Waals surface area contributed by atoms with Gasteiger partial charge in [-0.05, 0) is 349 Å². The Labute approximate surface area is 908 Å². The predicted octanol–water partition coefficient (Wildman–Crippen LogP) is 43.4. The third kappa shape index (κ3) is 27.2. The van der Waals surface area contributed by atoms with Crippen molar-refractivity contribution in [2.24, 2.45) is 0 Å². The fraction of sp³-hybridized carbons (Fsp3) is 0.507. The molecule has 0 saturated carbocycles. The van der Waals surface area contributed by atoms with Gasteiger partial charge < -0.3 is 19.9 Å². The standard InChI is InChI=1S/C142H192N8/c1-29-37-45-57-67-111-93(9)131-127(132-94(10)112(68-58-46-38-30-2)120(144-132)90-124-116(72-62-50-42-34-6)98(14)136(148-124)129(105-83-107(139(17,18)19)87-108(84-105)140(20,21)22)135-97(13)115(71-61-49-41-33-5)123(147-135)89-119(111)143-131)103-79-75-101(76-80-103)65-55-53-54-56-66-102-77-81-104(82-78-102)128-133-95(11)113(69-59-47-39-31-3)121(145-133)91-125-117(73-63-51-43-35-7)99(15)137(149-125)130(106-85-109(141(23,24)25)88-110(86-106)142(26,27)28)138-100(16)118(74-64-52-44-36-8)126(150-138)92-122-114(70-60-48-40-32-4)96(12)134(128)146-122/h53-56,65-66,75-92,143,145,148,150H,29-52,57-64,67-74H2,1-28H3/b54-53+,65-55+,66-56+,119-89?,120-90?,121-91?,122-92?,123-89?,124-90?,125-91?,126-92?,131-127?,132-127?,133-128?,134-128?,135-129?,136-129?,137-130?,138-130?. The summed E-state index contributed by atoms with van der Waals surface area (Å²) in [6, 6.07) is 43.8. The zero-order valence-corrected chi connectivity index (χ0v) is 98.9. The van der Waals surface area contributed by atoms with Crippen LogP contribution in [-0.4, -0.2) is 39.9 Å². The summed E-state index contributed by atoms with van der Waals surface area (Å²) in [5.41, 5.74) is 56.5. The summed E-state index contributed by atoms with van der Waals surface area (Å²) in [4.78, 5) is 41.9. The van der Waals surface area contributed by atoms with E-state index in [0.29, 0.717) is 0 Å². The highest BCUT2D eigenvalue weighted by Crippen LogP contribution is 2.51. The van der Waals surface area contributed by atoms with Crippen molar-refractivity contribution in [3.8, 4) is 44.5 Å². The van der Waals surface area contributed by atoms with Crippen LogP contribution < -0.4 is 0 Å². The summed E-state index contributed by atoms with van der Waals surface area (Å²) in [5.74, 6) is 0. The van der Waals surface area contributed by atoms with Crippen molar-refractivity contribution in [2.45, 2.75) is 472 Å². The molecule has 8 nitrogen and oxygen atoms in total. The number of hydrogen-bond donors (Lipinski definition) is 4. The SMILES string of the molecule is CCCCCCC1=C(C)c2nc1cc1[nH]c(c(C)c1CCCCCC)c(-c1ccc(/C=C/C=C/C=C/c3ccc(-c4c5nc(cc6[nH]c(c(C)c6CCCCCC)c(-c6cc(C(C)(C)C)cc(C(C)(C)C)c6)c6nc(cc7[nH]c4c(C)c7CCCCCC)C(CCCCCC)=C6C)C(CCCCCC)=C5C)cc3)cc1)c1nc(cc3[nH]c(c(C)c3CCCCCC)c2-c2cc(C(C)(C)C)cc(C(C)(C)C)c2)C(CCCCCC)=C1C. The van der Waals surface area contributed by atoms with Crippen molar-refractivity contribution >= 4 is 101 Å². The number of allylic oxidation sites excluding steroid dienone is 12. The zero-order chi connectivity index (χ0) is 107. The Morgan fingerprint density at radius 3 is 0.620 bits per heavy atom. The van der Waals surface area contributed by atoms with Gasteiger partial charge in [0.2, 0.25) is 0 Å². The van der Waals surface area contributed by atoms with E-state index in [-0.39, 0.29) is 21.7 Å². The highest BCUT2D eigenvalue weighted by atomic mass is 14.8. The lowest BCUT2D eigenvalue weighted by molar-refractivity contribution is 0.568. The molecule has 0 spiro atoms. The molecular formula is C142H192N8. The van der Waals surface area contributed by atoms with Crippen LogP contribution in [0.1, 0.15) is 521 Å². The van der Waals surface area contributed by atoms with Gasteiger partial charge in [-0.15, -0.1) is 0 Å². The first-order valence-corrected chi connectivity index (χ1v) is 59.9. The first-order chi connectivity index (χ1) is 72.0. The summed E-state index contributed by atoms with van der Waals surface area (Å²) in [6.45, 7) is 66.5. The van der Waals surface area contributed by atoms with E-state index in [1.165, 1.54) is 332 Å². The number of aryl methyl sites for hydroxylation is 8. The van der Waals surface area contributed by atoms with E-state index in [0.717, 1.165) is 182 Å². The van der Waals surface area contributed by atoms with Crippen LogP contribution in [0.5, 0.6) is 0 Å². The summed E-state index contributed by atoms with van der Waals surface area (Å²) < 4.78 is 0. The van der Waals surface area contributed by atoms with Gasteiger partial charge in [0.1, 0.15) is 0 Å². The number of hydrogen-bond acceptors (Lipinski definition) is 4. The second-order valence-corrected chi connectivity index (χ2v) is 49.4. The van der Waals surface area contributed by atoms with Gasteiger partial charge in [-0.25, -0.2) is 19.9 Å². The minimum atomic E-state index is -0.0861. The maximum absolute atomic E-state index is 6.14. The fourth-order valence-corrected chi connectivity index (χ4v) is 23.8. The van der Waals surface area contributed by atoms with E-state index >= 15 is 0 Å². The van der Waals surface area contributed by atoms with Crippen LogP contribution in [-0.2, 0) is 47.3 Å². The van der Waals surface area contributed by atoms with E-state index in [1.54, 1.807) is 0 Å². The Kier molecular flexibility index (Phi) is 40.0. The average molecular weight is 2010 g/mol. The van der Waals surface area contributed by atoms with Crippen molar-refractivity contribution in [1.82, 2.24) is 39.9 Å². The lowest BCUT2D eigenvalue weighted by atomic mass is 9.78. The highest BCUT2D eigenvalue weighted by molar-refractivity contribution is 6.07. The number of rotatable bonds is 48. The second kappa shape index (κ2) is 52.3. The molecule has 0 radical (unpaired) electrons. The molecule has 150 heavy (non-hydrogen) atoms. The quantitative estimate of drug-likeness (QED) is 0.0225. The molecule has 16 bridgehead atoms. The molecule has 0 fully saturated rings. The Bertz CT molecular complexity index is 6510. The van der Waals surface area contributed by atoms with Gasteiger partial charge in [-0.1, -0.05) is 414 Å². The van der Waals surface area contributed by atoms with Gasteiger partial charge in [-0.3, -0.25) is 0 Å². The minimum Gasteiger partial charge on any atom is -0.354 e. The Balaban J connectivity index is 0.908. The molecule has 0 amide bonds. The van der Waals surface area contributed by atoms with Gasteiger partial charge >= 0.3 is 0 Å². The van der Waals surface area contributed by atoms with E-state index in [4.69, 9.17) is 19.9 Å². The second-order valence-electron chi connectivity index (χ2n) is 49.4. The summed E-state index contributed by atoms with van der Waals surface area (Å²) in [6.07, 6.45) is 59.0. The number of nitrogens with zero attached hydrogens (tertiary/aromatic N) is 4. The van der Waals surface area contributed by atoms with Crippen molar-refractivity contribution in [1.29, 1.82) is 0 Å². The number of aromatic nitrogens is 8. The molecule has 4 aromatic carbocycles. The molecule has 4 aliphatic heterocycles. The molecule has 0 unspecified atom stereocenters. The van der Waals surface area contributed by atoms with E-state index in [9.17, 15) is 0 Å². The van der Waals surface area contributed by atoms with Crippen molar-refractivity contribution < 1.29 is 0 Å². The molecule has 10 heterocycles. The first kappa shape index (κ1) is 115. The lowest BCUT2D eigenvalue weighted by Gasteiger charge is -2.26. The fourth-order valence-electron chi connectivity index (χ4n) is 23.8. The van der Waals surface area contributed by atoms with E-state index < -0.39 is 0 Å². The normalized spacial score (nSPS) is 13.5. The van der Waals surface area contributed by atoms with Crippen molar-refractivity contribution in [3.63, 3.8) is 0 Å². The molecule has 10 aromatic rings. The van der Waals surface area contributed by atoms with Crippen LogP contribution in [0.25, 0.3) is 145 Å². The monoisotopic (exact) mass is 2010 g/mol. The van der Waals surface area contributed by atoms with Gasteiger partial charge in [0.25, 0.3) is 0 Å². The molecule has 0 atom stereocenters. The van der Waals surface area contributed by atoms with Crippen molar-refractivity contribution in [2.75, 3.05) is 0 Å². The molecule has 14 rings (SSSR count). The third-order valence-electron chi connectivity index (χ3n) is 33.6.